The Morgan fingerprint density at radius 1 is 1.39 bits per heavy atom. The molecule has 0 aliphatic carbocycles. The molecule has 1 atom stereocenters. The molecule has 0 aliphatic heterocycles. The van der Waals surface area contributed by atoms with Gasteiger partial charge in [0.25, 0.3) is 10.1 Å². The van der Waals surface area contributed by atoms with Crippen molar-refractivity contribution in [1.29, 1.82) is 0 Å². The number of hydrogen-bond acceptors (Lipinski definition) is 5. The van der Waals surface area contributed by atoms with Crippen LogP contribution >= 0.6 is 0 Å². The van der Waals surface area contributed by atoms with E-state index in [1.54, 1.807) is 20.8 Å². The van der Waals surface area contributed by atoms with Crippen LogP contribution < -0.4 is 5.32 Å². The molecule has 1 unspecified atom stereocenters. The largest absolute Gasteiger partial charge is 0.459 e. The standard InChI is InChI=1S/C11H23NO5S/c1-5-9(10(13)17-11(2,3)4)12-7-6-8-18(14,15)16/h9,12H,5-8H2,1-4H3,(H,14,15,16). The third-order valence-corrected chi connectivity index (χ3v) is 2.87. The predicted octanol–water partition coefficient (Wildman–Crippen LogP) is 0.974. The summed E-state index contributed by atoms with van der Waals surface area (Å²) in [4.78, 5) is 11.7. The van der Waals surface area contributed by atoms with E-state index in [-0.39, 0.29) is 18.1 Å². The van der Waals surface area contributed by atoms with Crippen LogP contribution in [0.1, 0.15) is 40.5 Å². The van der Waals surface area contributed by atoms with Crippen LogP contribution in [0.25, 0.3) is 0 Å². The molecule has 0 spiro atoms. The normalized spacial score (nSPS) is 14.3. The molecule has 0 aromatic rings. The Morgan fingerprint density at radius 2 is 1.94 bits per heavy atom. The lowest BCUT2D eigenvalue weighted by Crippen LogP contribution is -2.41. The van der Waals surface area contributed by atoms with E-state index in [1.807, 2.05) is 6.92 Å². The molecule has 0 rings (SSSR count). The maximum absolute atomic E-state index is 11.7. The van der Waals surface area contributed by atoms with Gasteiger partial charge in [0.1, 0.15) is 11.6 Å². The summed E-state index contributed by atoms with van der Waals surface area (Å²) in [7, 11) is -3.93. The molecule has 6 nitrogen and oxygen atoms in total. The molecular formula is C11H23NO5S. The van der Waals surface area contributed by atoms with E-state index in [0.29, 0.717) is 13.0 Å². The third-order valence-electron chi connectivity index (χ3n) is 2.07. The van der Waals surface area contributed by atoms with Gasteiger partial charge in [-0.3, -0.25) is 9.35 Å². The zero-order valence-corrected chi connectivity index (χ0v) is 12.2. The average Bonchev–Trinajstić information content (AvgIpc) is 2.13. The van der Waals surface area contributed by atoms with Crippen molar-refractivity contribution in [2.24, 2.45) is 0 Å². The monoisotopic (exact) mass is 281 g/mol. The Morgan fingerprint density at radius 3 is 2.33 bits per heavy atom. The highest BCUT2D eigenvalue weighted by Crippen LogP contribution is 2.09. The van der Waals surface area contributed by atoms with Crippen molar-refractivity contribution in [1.82, 2.24) is 5.32 Å². The zero-order valence-electron chi connectivity index (χ0n) is 11.4. The highest BCUT2D eigenvalue weighted by molar-refractivity contribution is 7.85. The Labute approximate surface area is 109 Å². The fourth-order valence-corrected chi connectivity index (χ4v) is 1.81. The summed E-state index contributed by atoms with van der Waals surface area (Å²) in [5.74, 6) is -0.665. The fraction of sp³-hybridized carbons (Fsp3) is 0.909. The van der Waals surface area contributed by atoms with Gasteiger partial charge >= 0.3 is 5.97 Å². The number of carbonyl (C=O) groups excluding carboxylic acids is 1. The van der Waals surface area contributed by atoms with Crippen LogP contribution in [0.4, 0.5) is 0 Å². The molecule has 2 N–H and O–H groups in total. The Kier molecular flexibility index (Phi) is 6.80. The van der Waals surface area contributed by atoms with Gasteiger partial charge in [0.2, 0.25) is 0 Å². The van der Waals surface area contributed by atoms with Gasteiger partial charge in [-0.1, -0.05) is 6.92 Å². The number of esters is 1. The molecule has 0 aliphatic rings. The van der Waals surface area contributed by atoms with Crippen LogP contribution in [0.5, 0.6) is 0 Å². The number of ether oxygens (including phenoxy) is 1. The minimum Gasteiger partial charge on any atom is -0.459 e. The third kappa shape index (κ3) is 9.38. The molecule has 0 saturated carbocycles. The first-order valence-corrected chi connectivity index (χ1v) is 7.57. The maximum atomic E-state index is 11.7. The zero-order chi connectivity index (χ0) is 14.4. The lowest BCUT2D eigenvalue weighted by atomic mass is 10.1. The van der Waals surface area contributed by atoms with Crippen molar-refractivity contribution < 1.29 is 22.5 Å². The summed E-state index contributed by atoms with van der Waals surface area (Å²) >= 11 is 0. The molecule has 0 fully saturated rings. The highest BCUT2D eigenvalue weighted by Gasteiger charge is 2.23. The molecule has 108 valence electrons. The van der Waals surface area contributed by atoms with Crippen LogP contribution in [-0.2, 0) is 19.6 Å². The summed E-state index contributed by atoms with van der Waals surface area (Å²) in [6, 6.07) is -0.453. The summed E-state index contributed by atoms with van der Waals surface area (Å²) in [5.41, 5.74) is -0.541. The number of rotatable bonds is 7. The van der Waals surface area contributed by atoms with E-state index in [1.165, 1.54) is 0 Å². The predicted molar refractivity (Wildman–Crippen MR) is 69.0 cm³/mol. The van der Waals surface area contributed by atoms with Gasteiger partial charge in [-0.2, -0.15) is 8.42 Å². The molecule has 0 heterocycles. The maximum Gasteiger partial charge on any atom is 0.323 e. The molecule has 0 amide bonds. The van der Waals surface area contributed by atoms with Crippen LogP contribution in [0.3, 0.4) is 0 Å². The van der Waals surface area contributed by atoms with Crippen molar-refractivity contribution >= 4 is 16.1 Å². The summed E-state index contributed by atoms with van der Waals surface area (Å²) in [6.45, 7) is 7.53. The lowest BCUT2D eigenvalue weighted by molar-refractivity contribution is -0.157. The topological polar surface area (TPSA) is 92.7 Å². The first kappa shape index (κ1) is 17.3. The number of nitrogens with one attached hydrogen (secondary N) is 1. The average molecular weight is 281 g/mol. The van der Waals surface area contributed by atoms with Gasteiger partial charge < -0.3 is 10.1 Å². The highest BCUT2D eigenvalue weighted by atomic mass is 32.2. The van der Waals surface area contributed by atoms with Gasteiger partial charge in [-0.05, 0) is 40.2 Å². The Bertz CT molecular complexity index is 358. The van der Waals surface area contributed by atoms with Crippen LogP contribution in [-0.4, -0.2) is 42.9 Å². The second kappa shape index (κ2) is 7.06. The number of hydrogen-bond donors (Lipinski definition) is 2. The van der Waals surface area contributed by atoms with Crippen molar-refractivity contribution in [3.05, 3.63) is 0 Å². The molecular weight excluding hydrogens is 258 g/mol. The van der Waals surface area contributed by atoms with Crippen LogP contribution in [0, 0.1) is 0 Å². The molecule has 0 saturated heterocycles. The van der Waals surface area contributed by atoms with Gasteiger partial charge in [-0.15, -0.1) is 0 Å². The molecule has 0 aromatic carbocycles. The minimum absolute atomic E-state index is 0.248. The van der Waals surface area contributed by atoms with Gasteiger partial charge in [-0.25, -0.2) is 0 Å². The molecule has 18 heavy (non-hydrogen) atoms. The molecule has 0 bridgehead atoms. The van der Waals surface area contributed by atoms with Crippen molar-refractivity contribution in [2.75, 3.05) is 12.3 Å². The first-order chi connectivity index (χ1) is 8.05. The molecule has 0 aromatic heterocycles. The lowest BCUT2D eigenvalue weighted by Gasteiger charge is -2.23. The fourth-order valence-electron chi connectivity index (χ4n) is 1.30. The molecule has 7 heteroatoms. The van der Waals surface area contributed by atoms with E-state index in [0.717, 1.165) is 0 Å². The van der Waals surface area contributed by atoms with Gasteiger partial charge in [0, 0.05) is 0 Å². The molecule has 0 radical (unpaired) electrons. The van der Waals surface area contributed by atoms with Crippen LogP contribution in [0.15, 0.2) is 0 Å². The Hall–Kier alpha value is -0.660. The minimum atomic E-state index is -3.93. The Balaban J connectivity index is 4.08. The summed E-state index contributed by atoms with van der Waals surface area (Å²) in [5, 5.41) is 2.91. The second-order valence-electron chi connectivity index (χ2n) is 5.09. The summed E-state index contributed by atoms with van der Waals surface area (Å²) < 4.78 is 34.8. The second-order valence-corrected chi connectivity index (χ2v) is 6.66. The SMILES string of the molecule is CCC(NCCCS(=O)(=O)O)C(=O)OC(C)(C)C. The van der Waals surface area contributed by atoms with Crippen molar-refractivity contribution in [3.63, 3.8) is 0 Å². The quantitative estimate of drug-likeness (QED) is 0.410. The van der Waals surface area contributed by atoms with Crippen LogP contribution in [0.2, 0.25) is 0 Å². The van der Waals surface area contributed by atoms with E-state index in [9.17, 15) is 13.2 Å². The van der Waals surface area contributed by atoms with E-state index in [4.69, 9.17) is 9.29 Å². The van der Waals surface area contributed by atoms with Crippen molar-refractivity contribution in [3.8, 4) is 0 Å². The van der Waals surface area contributed by atoms with E-state index >= 15 is 0 Å². The van der Waals surface area contributed by atoms with Crippen molar-refractivity contribution in [2.45, 2.75) is 52.2 Å². The van der Waals surface area contributed by atoms with E-state index < -0.39 is 21.8 Å². The van der Waals surface area contributed by atoms with Gasteiger partial charge in [0.15, 0.2) is 0 Å². The smallest absolute Gasteiger partial charge is 0.323 e. The van der Waals surface area contributed by atoms with Gasteiger partial charge in [0.05, 0.1) is 5.75 Å². The number of carbonyl (C=O) groups is 1. The summed E-state index contributed by atoms with van der Waals surface area (Å²) in [6.07, 6.45) is 0.804. The van der Waals surface area contributed by atoms with E-state index in [2.05, 4.69) is 5.32 Å². The first-order valence-electron chi connectivity index (χ1n) is 5.96.